The molecule has 3 rings (SSSR count). The summed E-state index contributed by atoms with van der Waals surface area (Å²) in [6, 6.07) is 0. The maximum absolute atomic E-state index is 4.34. The average Bonchev–Trinajstić information content (AvgIpc) is 2.80. The minimum absolute atomic E-state index is 1.20. The minimum Gasteiger partial charge on any atom is -0.0912 e. The SMILES string of the molecule is C=c1c(C)c(C)c2c(c1C)-c1c(C)c(C)c(C)c(C)c1C=2C. The van der Waals surface area contributed by atoms with Gasteiger partial charge < -0.3 is 0 Å². The lowest BCUT2D eigenvalue weighted by Gasteiger charge is -2.18. The summed E-state index contributed by atoms with van der Waals surface area (Å²) in [4.78, 5) is 0. The molecule has 1 aliphatic carbocycles. The van der Waals surface area contributed by atoms with Gasteiger partial charge in [0, 0.05) is 0 Å². The Hall–Kier alpha value is -1.82. The van der Waals surface area contributed by atoms with Crippen LogP contribution in [0.2, 0.25) is 0 Å². The van der Waals surface area contributed by atoms with E-state index >= 15 is 0 Å². The summed E-state index contributed by atoms with van der Waals surface area (Å²) in [6.45, 7) is 22.4. The Morgan fingerprint density at radius 2 is 0.955 bits per heavy atom. The highest BCUT2D eigenvalue weighted by atomic mass is 14.3. The first-order valence-electron chi connectivity index (χ1n) is 8.10. The average molecular weight is 290 g/mol. The quantitative estimate of drug-likeness (QED) is 0.672. The maximum Gasteiger partial charge on any atom is -0.00616 e. The third kappa shape index (κ3) is 1.59. The van der Waals surface area contributed by atoms with Crippen LogP contribution in [0.1, 0.15) is 51.4 Å². The summed E-state index contributed by atoms with van der Waals surface area (Å²) in [5, 5.41) is 2.65. The lowest BCUT2D eigenvalue weighted by Crippen LogP contribution is -2.22. The predicted molar refractivity (Wildman–Crippen MR) is 98.0 cm³/mol. The van der Waals surface area contributed by atoms with Crippen molar-refractivity contribution < 1.29 is 0 Å². The third-order valence-electron chi connectivity index (χ3n) is 6.16. The van der Waals surface area contributed by atoms with Gasteiger partial charge in [0.15, 0.2) is 0 Å². The lowest BCUT2D eigenvalue weighted by atomic mass is 9.85. The first-order chi connectivity index (χ1) is 10.2. The van der Waals surface area contributed by atoms with Crippen molar-refractivity contribution >= 4 is 12.2 Å². The molecule has 0 amide bonds. The van der Waals surface area contributed by atoms with Crippen molar-refractivity contribution in [2.45, 2.75) is 55.4 Å². The topological polar surface area (TPSA) is 0 Å². The summed E-state index contributed by atoms with van der Waals surface area (Å²) in [5.41, 5.74) is 15.6. The molecule has 0 atom stereocenters. The van der Waals surface area contributed by atoms with Crippen molar-refractivity contribution in [2.75, 3.05) is 0 Å². The van der Waals surface area contributed by atoms with Gasteiger partial charge in [0.2, 0.25) is 0 Å². The number of rotatable bonds is 0. The number of hydrogen-bond donors (Lipinski definition) is 0. The Kier molecular flexibility index (Phi) is 3.15. The molecule has 0 heteroatoms. The summed E-state index contributed by atoms with van der Waals surface area (Å²) in [6.07, 6.45) is 0. The second-order valence-electron chi connectivity index (χ2n) is 6.98. The van der Waals surface area contributed by atoms with Crippen molar-refractivity contribution in [1.29, 1.82) is 0 Å². The standard InChI is InChI=1S/C22H26/c1-10-12(3)16(7)21-19(14(10)5)18(9)20-15(6)11(2)13(4)17(8)22(20)21/h3H2,1-2,4-9H3. The van der Waals surface area contributed by atoms with Gasteiger partial charge in [-0.05, 0) is 127 Å². The molecule has 0 radical (unpaired) electrons. The van der Waals surface area contributed by atoms with Crippen molar-refractivity contribution in [3.05, 3.63) is 54.9 Å². The predicted octanol–water partition coefficient (Wildman–Crippen LogP) is 4.46. The molecule has 0 heterocycles. The van der Waals surface area contributed by atoms with Crippen LogP contribution in [0.15, 0.2) is 0 Å². The van der Waals surface area contributed by atoms with Gasteiger partial charge in [-0.15, -0.1) is 0 Å². The van der Waals surface area contributed by atoms with Gasteiger partial charge in [-0.3, -0.25) is 0 Å². The highest BCUT2D eigenvalue weighted by molar-refractivity contribution is 5.95. The van der Waals surface area contributed by atoms with E-state index in [1.54, 1.807) is 0 Å². The molecule has 0 unspecified atom stereocenters. The number of hydrogen-bond acceptors (Lipinski definition) is 0. The zero-order valence-electron chi connectivity index (χ0n) is 15.2. The second-order valence-corrected chi connectivity index (χ2v) is 6.98. The number of benzene rings is 2. The zero-order chi connectivity index (χ0) is 16.5. The number of fused-ring (bicyclic) bond motifs is 3. The maximum atomic E-state index is 4.34. The van der Waals surface area contributed by atoms with Gasteiger partial charge >= 0.3 is 0 Å². The van der Waals surface area contributed by atoms with E-state index < -0.39 is 0 Å². The van der Waals surface area contributed by atoms with Gasteiger partial charge in [0.25, 0.3) is 0 Å². The highest BCUT2D eigenvalue weighted by Gasteiger charge is 2.27. The lowest BCUT2D eigenvalue weighted by molar-refractivity contribution is 1.20. The normalized spacial score (nSPS) is 12.6. The molecule has 0 saturated heterocycles. The molecule has 0 saturated carbocycles. The molecule has 0 bridgehead atoms. The monoisotopic (exact) mass is 290 g/mol. The molecular weight excluding hydrogens is 264 g/mol. The summed E-state index contributed by atoms with van der Waals surface area (Å²) < 4.78 is 0. The van der Waals surface area contributed by atoms with Gasteiger partial charge in [0.1, 0.15) is 0 Å². The van der Waals surface area contributed by atoms with E-state index in [0.717, 1.165) is 0 Å². The smallest absolute Gasteiger partial charge is 0.00616 e. The Balaban J connectivity index is 2.69. The molecule has 22 heavy (non-hydrogen) atoms. The molecule has 0 aromatic heterocycles. The van der Waals surface area contributed by atoms with Crippen LogP contribution in [0.25, 0.3) is 23.3 Å². The van der Waals surface area contributed by atoms with Gasteiger partial charge in [-0.1, -0.05) is 6.58 Å². The highest BCUT2D eigenvalue weighted by Crippen LogP contribution is 2.41. The Morgan fingerprint density at radius 3 is 1.50 bits per heavy atom. The third-order valence-corrected chi connectivity index (χ3v) is 6.16. The zero-order valence-corrected chi connectivity index (χ0v) is 15.2. The van der Waals surface area contributed by atoms with Crippen LogP contribution in [0.5, 0.6) is 0 Å². The van der Waals surface area contributed by atoms with Crippen molar-refractivity contribution in [2.24, 2.45) is 0 Å². The van der Waals surface area contributed by atoms with Crippen LogP contribution in [0.3, 0.4) is 0 Å². The van der Waals surface area contributed by atoms with Crippen LogP contribution in [0.4, 0.5) is 0 Å². The van der Waals surface area contributed by atoms with Crippen LogP contribution < -0.4 is 10.4 Å². The van der Waals surface area contributed by atoms with Crippen LogP contribution >= 0.6 is 0 Å². The van der Waals surface area contributed by atoms with E-state index in [1.165, 1.54) is 71.6 Å². The fourth-order valence-corrected chi connectivity index (χ4v) is 4.22. The van der Waals surface area contributed by atoms with E-state index in [2.05, 4.69) is 62.0 Å². The Bertz CT molecular complexity index is 953. The van der Waals surface area contributed by atoms with Gasteiger partial charge in [-0.25, -0.2) is 0 Å². The first kappa shape index (κ1) is 15.1. The van der Waals surface area contributed by atoms with Crippen LogP contribution in [0, 0.1) is 48.5 Å². The largest absolute Gasteiger partial charge is 0.0912 e. The van der Waals surface area contributed by atoms with Crippen molar-refractivity contribution in [1.82, 2.24) is 0 Å². The second kappa shape index (κ2) is 4.59. The molecule has 0 spiro atoms. The van der Waals surface area contributed by atoms with E-state index in [9.17, 15) is 0 Å². The fraction of sp³-hybridized carbons (Fsp3) is 0.364. The van der Waals surface area contributed by atoms with Gasteiger partial charge in [0.05, 0.1) is 0 Å². The summed E-state index contributed by atoms with van der Waals surface area (Å²) in [7, 11) is 0. The summed E-state index contributed by atoms with van der Waals surface area (Å²) >= 11 is 0. The molecule has 1 aliphatic rings. The Labute approximate surface area is 134 Å². The molecule has 0 nitrogen and oxygen atoms in total. The molecule has 2 aromatic rings. The van der Waals surface area contributed by atoms with E-state index in [1.807, 2.05) is 0 Å². The van der Waals surface area contributed by atoms with E-state index in [0.29, 0.717) is 0 Å². The Morgan fingerprint density at radius 1 is 0.455 bits per heavy atom. The first-order valence-corrected chi connectivity index (χ1v) is 8.10. The van der Waals surface area contributed by atoms with Gasteiger partial charge in [-0.2, -0.15) is 0 Å². The van der Waals surface area contributed by atoms with Crippen LogP contribution in [-0.2, 0) is 0 Å². The van der Waals surface area contributed by atoms with Crippen molar-refractivity contribution in [3.63, 3.8) is 0 Å². The molecule has 0 N–H and O–H groups in total. The molecule has 0 fully saturated rings. The van der Waals surface area contributed by atoms with Crippen LogP contribution in [-0.4, -0.2) is 0 Å². The molecule has 2 aromatic carbocycles. The molecule has 0 aliphatic heterocycles. The molecular formula is C22H26. The van der Waals surface area contributed by atoms with E-state index in [4.69, 9.17) is 0 Å². The summed E-state index contributed by atoms with van der Waals surface area (Å²) in [5.74, 6) is 0. The molecule has 114 valence electrons. The van der Waals surface area contributed by atoms with Crippen molar-refractivity contribution in [3.8, 4) is 11.1 Å². The fourth-order valence-electron chi connectivity index (χ4n) is 4.22. The van der Waals surface area contributed by atoms with E-state index in [-0.39, 0.29) is 0 Å². The minimum atomic E-state index is 1.20.